The van der Waals surface area contributed by atoms with Crippen molar-refractivity contribution in [3.05, 3.63) is 53.6 Å². The number of benzene rings is 1. The molecule has 1 aliphatic rings. The van der Waals surface area contributed by atoms with Gasteiger partial charge in [0.05, 0.1) is 4.90 Å². The topological polar surface area (TPSA) is 46.2 Å². The van der Waals surface area contributed by atoms with Crippen LogP contribution in [0.15, 0.2) is 53.0 Å². The predicted molar refractivity (Wildman–Crippen MR) is 86.6 cm³/mol. The van der Waals surface area contributed by atoms with E-state index in [4.69, 9.17) is 0 Å². The van der Waals surface area contributed by atoms with Crippen molar-refractivity contribution in [1.82, 2.24) is 4.72 Å². The lowest BCUT2D eigenvalue weighted by molar-refractivity contribution is 0.464. The molecule has 0 amide bonds. The van der Waals surface area contributed by atoms with Crippen LogP contribution >= 0.6 is 0 Å². The van der Waals surface area contributed by atoms with E-state index < -0.39 is 10.0 Å². The fraction of sp³-hybridized carbons (Fsp3) is 0.412. The molecule has 1 aromatic rings. The van der Waals surface area contributed by atoms with E-state index in [-0.39, 0.29) is 6.04 Å². The highest BCUT2D eigenvalue weighted by Gasteiger charge is 2.27. The summed E-state index contributed by atoms with van der Waals surface area (Å²) in [6, 6.07) is 6.78. The van der Waals surface area contributed by atoms with E-state index in [2.05, 4.69) is 17.4 Å². The Morgan fingerprint density at radius 1 is 1.24 bits per heavy atom. The highest BCUT2D eigenvalue weighted by molar-refractivity contribution is 7.89. The van der Waals surface area contributed by atoms with Crippen LogP contribution in [0.3, 0.4) is 0 Å². The van der Waals surface area contributed by atoms with Crippen LogP contribution < -0.4 is 4.72 Å². The molecule has 0 spiro atoms. The van der Waals surface area contributed by atoms with Gasteiger partial charge in [-0.2, -0.15) is 0 Å². The van der Waals surface area contributed by atoms with E-state index in [0.717, 1.165) is 29.6 Å². The van der Waals surface area contributed by atoms with Gasteiger partial charge < -0.3 is 0 Å². The Balaban J connectivity index is 2.19. The molecule has 0 saturated heterocycles. The van der Waals surface area contributed by atoms with Gasteiger partial charge in [0.1, 0.15) is 0 Å². The molecule has 0 unspecified atom stereocenters. The van der Waals surface area contributed by atoms with E-state index in [9.17, 15) is 8.42 Å². The Bertz CT molecular complexity index is 657. The smallest absolute Gasteiger partial charge is 0.207 e. The van der Waals surface area contributed by atoms with Gasteiger partial charge in [0.2, 0.25) is 10.0 Å². The van der Waals surface area contributed by atoms with E-state index in [1.54, 1.807) is 12.1 Å². The van der Waals surface area contributed by atoms with Gasteiger partial charge in [0, 0.05) is 6.04 Å². The van der Waals surface area contributed by atoms with Crippen LogP contribution in [0, 0.1) is 12.8 Å². The third-order valence-corrected chi connectivity index (χ3v) is 5.61. The van der Waals surface area contributed by atoms with Crippen molar-refractivity contribution in [1.29, 1.82) is 0 Å². The molecule has 1 N–H and O–H groups in total. The molecule has 0 aromatic heterocycles. The summed E-state index contributed by atoms with van der Waals surface area (Å²) in [4.78, 5) is 0.318. The maximum atomic E-state index is 12.5. The molecule has 0 heterocycles. The van der Waals surface area contributed by atoms with Crippen LogP contribution in [0.4, 0.5) is 0 Å². The van der Waals surface area contributed by atoms with Gasteiger partial charge in [0.25, 0.3) is 0 Å². The number of sulfonamides is 1. The third kappa shape index (κ3) is 3.83. The Morgan fingerprint density at radius 2 is 1.86 bits per heavy atom. The molecule has 0 radical (unpaired) electrons. The first-order valence-corrected chi connectivity index (χ1v) is 8.69. The van der Waals surface area contributed by atoms with Crippen LogP contribution in [-0.2, 0) is 10.0 Å². The number of rotatable bonds is 4. The lowest BCUT2D eigenvalue weighted by Crippen LogP contribution is -2.38. The standard InChI is InChI=1S/C17H23NO2S/c1-12(2)15-8-7-14(4)17(11-15)18-21(19,20)16-9-5-13(3)6-10-16/h5-7,9-10,15,17-18H,1,8,11H2,2-4H3/t15-,17+/m0/s1. The molecule has 4 heteroatoms. The van der Waals surface area contributed by atoms with Gasteiger partial charge in [-0.05, 0) is 51.7 Å². The number of allylic oxidation sites excluding steroid dienone is 2. The second-order valence-electron chi connectivity index (χ2n) is 5.95. The molecule has 0 saturated carbocycles. The molecule has 1 aliphatic carbocycles. The monoisotopic (exact) mass is 305 g/mol. The number of hydrogen-bond acceptors (Lipinski definition) is 2. The molecule has 0 aliphatic heterocycles. The summed E-state index contributed by atoms with van der Waals surface area (Å²) in [5, 5.41) is 0. The van der Waals surface area contributed by atoms with Gasteiger partial charge in [-0.3, -0.25) is 0 Å². The minimum absolute atomic E-state index is 0.147. The SMILES string of the molecule is C=C(C)[C@H]1CC=C(C)[C@H](NS(=O)(=O)c2ccc(C)cc2)C1. The molecule has 1 aromatic carbocycles. The summed E-state index contributed by atoms with van der Waals surface area (Å²) < 4.78 is 27.8. The summed E-state index contributed by atoms with van der Waals surface area (Å²) in [6.07, 6.45) is 3.85. The second kappa shape index (κ2) is 6.16. The Kier molecular flexibility index (Phi) is 4.69. The summed E-state index contributed by atoms with van der Waals surface area (Å²) in [5.74, 6) is 0.347. The molecule has 0 fully saturated rings. The molecule has 2 rings (SSSR count). The first-order valence-electron chi connectivity index (χ1n) is 7.20. The Hall–Kier alpha value is -1.39. The lowest BCUT2D eigenvalue weighted by atomic mass is 9.83. The normalized spacial score (nSPS) is 22.7. The van der Waals surface area contributed by atoms with E-state index >= 15 is 0 Å². The van der Waals surface area contributed by atoms with Crippen LogP contribution in [0.1, 0.15) is 32.3 Å². The molecule has 0 bridgehead atoms. The van der Waals surface area contributed by atoms with Crippen molar-refractivity contribution in [2.45, 2.75) is 44.6 Å². The molecule has 21 heavy (non-hydrogen) atoms. The van der Waals surface area contributed by atoms with Crippen LogP contribution in [-0.4, -0.2) is 14.5 Å². The summed E-state index contributed by atoms with van der Waals surface area (Å²) in [6.45, 7) is 9.92. The van der Waals surface area contributed by atoms with Crippen molar-refractivity contribution in [3.63, 3.8) is 0 Å². The predicted octanol–water partition coefficient (Wildman–Crippen LogP) is 3.57. The Labute approximate surface area is 127 Å². The van der Waals surface area contributed by atoms with Crippen LogP contribution in [0.5, 0.6) is 0 Å². The molecule has 2 atom stereocenters. The van der Waals surface area contributed by atoms with E-state index in [1.165, 1.54) is 0 Å². The first-order chi connectivity index (χ1) is 9.79. The van der Waals surface area contributed by atoms with Gasteiger partial charge >= 0.3 is 0 Å². The zero-order valence-corrected chi connectivity index (χ0v) is 13.7. The number of hydrogen-bond donors (Lipinski definition) is 1. The minimum Gasteiger partial charge on any atom is -0.207 e. The van der Waals surface area contributed by atoms with Crippen molar-refractivity contribution >= 4 is 10.0 Å². The lowest BCUT2D eigenvalue weighted by Gasteiger charge is -2.29. The van der Waals surface area contributed by atoms with Crippen LogP contribution in [0.25, 0.3) is 0 Å². The second-order valence-corrected chi connectivity index (χ2v) is 7.66. The van der Waals surface area contributed by atoms with Crippen molar-refractivity contribution < 1.29 is 8.42 Å². The molecule has 114 valence electrons. The summed E-state index contributed by atoms with van der Waals surface area (Å²) in [5.41, 5.74) is 3.24. The average Bonchev–Trinajstić information content (AvgIpc) is 2.41. The highest BCUT2D eigenvalue weighted by Crippen LogP contribution is 2.29. The third-order valence-electron chi connectivity index (χ3n) is 4.12. The van der Waals surface area contributed by atoms with E-state index in [0.29, 0.717) is 10.8 Å². The van der Waals surface area contributed by atoms with Gasteiger partial charge in [-0.25, -0.2) is 13.1 Å². The number of nitrogens with one attached hydrogen (secondary N) is 1. The van der Waals surface area contributed by atoms with E-state index in [1.807, 2.05) is 32.9 Å². The van der Waals surface area contributed by atoms with Gasteiger partial charge in [-0.1, -0.05) is 41.5 Å². The van der Waals surface area contributed by atoms with Gasteiger partial charge in [-0.15, -0.1) is 0 Å². The molecular formula is C17H23NO2S. The highest BCUT2D eigenvalue weighted by atomic mass is 32.2. The van der Waals surface area contributed by atoms with Gasteiger partial charge in [0.15, 0.2) is 0 Å². The maximum Gasteiger partial charge on any atom is 0.241 e. The maximum absolute atomic E-state index is 12.5. The van der Waals surface area contributed by atoms with Crippen LogP contribution in [0.2, 0.25) is 0 Å². The summed E-state index contributed by atoms with van der Waals surface area (Å²) >= 11 is 0. The zero-order chi connectivity index (χ0) is 15.6. The zero-order valence-electron chi connectivity index (χ0n) is 12.9. The fourth-order valence-electron chi connectivity index (χ4n) is 2.55. The first kappa shape index (κ1) is 16.0. The van der Waals surface area contributed by atoms with Crippen molar-refractivity contribution in [3.8, 4) is 0 Å². The quantitative estimate of drug-likeness (QED) is 0.864. The van der Waals surface area contributed by atoms with Crippen molar-refractivity contribution in [2.75, 3.05) is 0 Å². The Morgan fingerprint density at radius 3 is 2.43 bits per heavy atom. The minimum atomic E-state index is -3.48. The molecular weight excluding hydrogens is 282 g/mol. The largest absolute Gasteiger partial charge is 0.241 e. The fourth-order valence-corrected chi connectivity index (χ4v) is 3.84. The average molecular weight is 305 g/mol. The number of aryl methyl sites for hydroxylation is 1. The van der Waals surface area contributed by atoms with Crippen molar-refractivity contribution in [2.24, 2.45) is 5.92 Å². The summed E-state index contributed by atoms with van der Waals surface area (Å²) in [7, 11) is -3.48. The molecule has 3 nitrogen and oxygen atoms in total.